The van der Waals surface area contributed by atoms with Crippen LogP contribution in [0.1, 0.15) is 26.2 Å². The normalized spacial score (nSPS) is 34.5. The number of carbonyl (C=O) groups is 1. The second-order valence-corrected chi connectivity index (χ2v) is 4.66. The highest BCUT2D eigenvalue weighted by molar-refractivity contribution is 5.82. The first-order chi connectivity index (χ1) is 7.20. The molecule has 2 unspecified atom stereocenters. The van der Waals surface area contributed by atoms with Crippen molar-refractivity contribution in [1.82, 2.24) is 15.1 Å². The third-order valence-electron chi connectivity index (χ3n) is 3.55. The van der Waals surface area contributed by atoms with E-state index in [4.69, 9.17) is 0 Å². The number of nitrogens with one attached hydrogen (secondary N) is 1. The molecule has 2 heterocycles. The molecule has 2 aliphatic heterocycles. The third kappa shape index (κ3) is 2.16. The molecule has 0 aromatic rings. The summed E-state index contributed by atoms with van der Waals surface area (Å²) in [6.45, 7) is 4.86. The number of piperazine rings is 1. The van der Waals surface area contributed by atoms with Crippen molar-refractivity contribution in [2.24, 2.45) is 0 Å². The first-order valence-corrected chi connectivity index (χ1v) is 5.94. The van der Waals surface area contributed by atoms with E-state index < -0.39 is 0 Å². The molecule has 0 radical (unpaired) electrons. The minimum absolute atomic E-state index is 0.00548. The van der Waals surface area contributed by atoms with E-state index in [9.17, 15) is 4.79 Å². The van der Waals surface area contributed by atoms with Gasteiger partial charge in [-0.05, 0) is 39.8 Å². The van der Waals surface area contributed by atoms with Gasteiger partial charge in [-0.3, -0.25) is 9.69 Å². The van der Waals surface area contributed by atoms with Gasteiger partial charge in [-0.2, -0.15) is 0 Å². The highest BCUT2D eigenvalue weighted by atomic mass is 16.2. The summed E-state index contributed by atoms with van der Waals surface area (Å²) in [5.74, 6) is 0.264. The van der Waals surface area contributed by atoms with Crippen molar-refractivity contribution >= 4 is 5.91 Å². The Labute approximate surface area is 91.6 Å². The van der Waals surface area contributed by atoms with Crippen molar-refractivity contribution in [2.75, 3.05) is 26.7 Å². The summed E-state index contributed by atoms with van der Waals surface area (Å²) in [7, 11) is 2.13. The fraction of sp³-hybridized carbons (Fsp3) is 0.909. The Balaban J connectivity index is 2.04. The predicted molar refractivity (Wildman–Crippen MR) is 59.4 cm³/mol. The highest BCUT2D eigenvalue weighted by Crippen LogP contribution is 2.20. The zero-order chi connectivity index (χ0) is 10.8. The zero-order valence-corrected chi connectivity index (χ0v) is 9.70. The monoisotopic (exact) mass is 211 g/mol. The van der Waals surface area contributed by atoms with Gasteiger partial charge in [-0.25, -0.2) is 0 Å². The van der Waals surface area contributed by atoms with E-state index in [0.29, 0.717) is 6.17 Å². The van der Waals surface area contributed by atoms with Gasteiger partial charge in [-0.15, -0.1) is 0 Å². The van der Waals surface area contributed by atoms with Crippen LogP contribution < -0.4 is 5.32 Å². The number of hydrogen-bond donors (Lipinski definition) is 1. The van der Waals surface area contributed by atoms with Crippen LogP contribution in [0.4, 0.5) is 0 Å². The number of hydrogen-bond acceptors (Lipinski definition) is 3. The van der Waals surface area contributed by atoms with Crippen LogP contribution in [-0.2, 0) is 4.79 Å². The molecule has 15 heavy (non-hydrogen) atoms. The van der Waals surface area contributed by atoms with Crippen LogP contribution in [0.15, 0.2) is 0 Å². The molecule has 2 rings (SSSR count). The van der Waals surface area contributed by atoms with Gasteiger partial charge in [0.05, 0.1) is 12.2 Å². The van der Waals surface area contributed by atoms with Gasteiger partial charge in [0.25, 0.3) is 0 Å². The first kappa shape index (κ1) is 10.9. The SMILES string of the molecule is CC1NCCN(C2CCCCN2C)C1=O. The maximum absolute atomic E-state index is 12.0. The van der Waals surface area contributed by atoms with E-state index in [-0.39, 0.29) is 11.9 Å². The van der Waals surface area contributed by atoms with Gasteiger partial charge in [-0.1, -0.05) is 0 Å². The lowest BCUT2D eigenvalue weighted by atomic mass is 10.1. The largest absolute Gasteiger partial charge is 0.324 e. The molecule has 0 aliphatic carbocycles. The van der Waals surface area contributed by atoms with E-state index in [1.807, 2.05) is 6.92 Å². The van der Waals surface area contributed by atoms with Crippen LogP contribution in [-0.4, -0.2) is 54.6 Å². The second kappa shape index (κ2) is 4.49. The summed E-state index contributed by atoms with van der Waals surface area (Å²) in [6.07, 6.45) is 3.99. The molecule has 4 nitrogen and oxygen atoms in total. The zero-order valence-electron chi connectivity index (χ0n) is 9.70. The van der Waals surface area contributed by atoms with Crippen molar-refractivity contribution in [1.29, 1.82) is 0 Å². The van der Waals surface area contributed by atoms with Crippen LogP contribution in [0.3, 0.4) is 0 Å². The minimum Gasteiger partial charge on any atom is -0.324 e. The summed E-state index contributed by atoms with van der Waals surface area (Å²) in [4.78, 5) is 16.4. The van der Waals surface area contributed by atoms with E-state index in [1.165, 1.54) is 12.8 Å². The topological polar surface area (TPSA) is 35.6 Å². The number of nitrogens with zero attached hydrogens (tertiary/aromatic N) is 2. The Kier molecular flexibility index (Phi) is 3.26. The first-order valence-electron chi connectivity index (χ1n) is 5.94. The van der Waals surface area contributed by atoms with Crippen LogP contribution in [0.5, 0.6) is 0 Å². The van der Waals surface area contributed by atoms with Gasteiger partial charge < -0.3 is 10.2 Å². The molecule has 2 atom stereocenters. The molecule has 0 aromatic carbocycles. The highest BCUT2D eigenvalue weighted by Gasteiger charge is 2.33. The average Bonchev–Trinajstić information content (AvgIpc) is 2.23. The third-order valence-corrected chi connectivity index (χ3v) is 3.55. The maximum Gasteiger partial charge on any atom is 0.240 e. The van der Waals surface area contributed by atoms with Gasteiger partial charge in [0.1, 0.15) is 0 Å². The number of amides is 1. The summed E-state index contributed by atoms with van der Waals surface area (Å²) >= 11 is 0. The molecule has 2 aliphatic rings. The second-order valence-electron chi connectivity index (χ2n) is 4.66. The standard InChI is InChI=1S/C11H21N3O/c1-9-11(15)14(8-6-12-9)10-5-3-4-7-13(10)2/h9-10,12H,3-8H2,1-2H3. The van der Waals surface area contributed by atoms with Crippen LogP contribution >= 0.6 is 0 Å². The molecular formula is C11H21N3O. The van der Waals surface area contributed by atoms with E-state index in [0.717, 1.165) is 26.1 Å². The molecule has 0 saturated carbocycles. The fourth-order valence-electron chi connectivity index (χ4n) is 2.59. The van der Waals surface area contributed by atoms with Crippen molar-refractivity contribution < 1.29 is 4.79 Å². The fourth-order valence-corrected chi connectivity index (χ4v) is 2.59. The molecule has 2 saturated heterocycles. The molecule has 0 spiro atoms. The van der Waals surface area contributed by atoms with Crippen LogP contribution in [0, 0.1) is 0 Å². The minimum atomic E-state index is -0.00548. The number of piperidine rings is 1. The van der Waals surface area contributed by atoms with Gasteiger partial charge in [0.15, 0.2) is 0 Å². The molecule has 2 fully saturated rings. The Morgan fingerprint density at radius 3 is 2.87 bits per heavy atom. The average molecular weight is 211 g/mol. The lowest BCUT2D eigenvalue weighted by Gasteiger charge is -2.43. The van der Waals surface area contributed by atoms with E-state index in [2.05, 4.69) is 22.2 Å². The molecular weight excluding hydrogens is 190 g/mol. The Bertz CT molecular complexity index is 244. The van der Waals surface area contributed by atoms with Crippen LogP contribution in [0.25, 0.3) is 0 Å². The summed E-state index contributed by atoms with van der Waals surface area (Å²) in [5, 5.41) is 3.21. The van der Waals surface area contributed by atoms with E-state index in [1.54, 1.807) is 0 Å². The maximum atomic E-state index is 12.0. The summed E-state index contributed by atoms with van der Waals surface area (Å²) < 4.78 is 0. The van der Waals surface area contributed by atoms with E-state index >= 15 is 0 Å². The molecule has 1 N–H and O–H groups in total. The van der Waals surface area contributed by atoms with Gasteiger partial charge in [0, 0.05) is 13.1 Å². The van der Waals surface area contributed by atoms with Gasteiger partial charge >= 0.3 is 0 Å². The number of carbonyl (C=O) groups excluding carboxylic acids is 1. The smallest absolute Gasteiger partial charge is 0.240 e. The number of likely N-dealkylation sites (tertiary alicyclic amines) is 1. The lowest BCUT2D eigenvalue weighted by molar-refractivity contribution is -0.143. The quantitative estimate of drug-likeness (QED) is 0.675. The van der Waals surface area contributed by atoms with Crippen LogP contribution in [0.2, 0.25) is 0 Å². The predicted octanol–water partition coefficient (Wildman–Crippen LogP) is 0.248. The lowest BCUT2D eigenvalue weighted by Crippen LogP contribution is -2.61. The molecule has 0 aromatic heterocycles. The summed E-state index contributed by atoms with van der Waals surface area (Å²) in [6, 6.07) is -0.00548. The molecule has 4 heteroatoms. The van der Waals surface area contributed by atoms with Crippen molar-refractivity contribution in [3.8, 4) is 0 Å². The Morgan fingerprint density at radius 2 is 2.13 bits per heavy atom. The molecule has 0 bridgehead atoms. The van der Waals surface area contributed by atoms with Crippen molar-refractivity contribution in [3.63, 3.8) is 0 Å². The van der Waals surface area contributed by atoms with Gasteiger partial charge in [0.2, 0.25) is 5.91 Å². The van der Waals surface area contributed by atoms with Crippen molar-refractivity contribution in [2.45, 2.75) is 38.4 Å². The van der Waals surface area contributed by atoms with Crippen molar-refractivity contribution in [3.05, 3.63) is 0 Å². The Hall–Kier alpha value is -0.610. The number of rotatable bonds is 1. The molecule has 86 valence electrons. The summed E-state index contributed by atoms with van der Waals surface area (Å²) in [5.41, 5.74) is 0. The Morgan fingerprint density at radius 1 is 1.33 bits per heavy atom. The molecule has 1 amide bonds.